The first kappa shape index (κ1) is 22.0. The monoisotopic (exact) mass is 436 g/mol. The first-order valence-electron chi connectivity index (χ1n) is 9.79. The second kappa shape index (κ2) is 10.9. The summed E-state index contributed by atoms with van der Waals surface area (Å²) < 4.78 is 0.546. The third-order valence-electron chi connectivity index (χ3n) is 4.67. The van der Waals surface area contributed by atoms with Crippen LogP contribution < -0.4 is 0 Å². The average molecular weight is 437 g/mol. The number of nitrogens with zero attached hydrogens (tertiary/aromatic N) is 2. The van der Waals surface area contributed by atoms with Gasteiger partial charge in [0.15, 0.2) is 0 Å². The highest BCUT2D eigenvalue weighted by molar-refractivity contribution is 8.26. The molecule has 1 heterocycles. The molecule has 0 radical (unpaired) electrons. The molecule has 3 rings (SSSR count). The summed E-state index contributed by atoms with van der Waals surface area (Å²) in [5.41, 5.74) is 2.17. The van der Waals surface area contributed by atoms with E-state index in [1.165, 1.54) is 11.8 Å². The number of carbonyl (C=O) groups is 2. The standard InChI is InChI=1S/C24H24N2O2S2/c1-25(18-20-12-6-3-7-13-20)22(27)16-9-17-26-23(28)21(30-24(26)29)15-8-14-19-10-4-2-5-11-19/h2-8,10-15H,9,16-18H2,1H3/b14-8+,21-15-. The van der Waals surface area contributed by atoms with Crippen LogP contribution in [0.25, 0.3) is 6.08 Å². The minimum atomic E-state index is -0.0900. The number of hydrogen-bond acceptors (Lipinski definition) is 4. The molecule has 0 N–H and O–H groups in total. The highest BCUT2D eigenvalue weighted by Gasteiger charge is 2.31. The summed E-state index contributed by atoms with van der Waals surface area (Å²) in [6.07, 6.45) is 6.58. The van der Waals surface area contributed by atoms with E-state index in [-0.39, 0.29) is 11.8 Å². The van der Waals surface area contributed by atoms with Gasteiger partial charge in [-0.25, -0.2) is 0 Å². The van der Waals surface area contributed by atoms with Crippen LogP contribution in [0, 0.1) is 0 Å². The Balaban J connectivity index is 1.47. The zero-order valence-electron chi connectivity index (χ0n) is 16.9. The molecule has 2 aromatic rings. The van der Waals surface area contributed by atoms with Crippen molar-refractivity contribution in [1.29, 1.82) is 0 Å². The maximum atomic E-state index is 12.6. The minimum Gasteiger partial charge on any atom is -0.341 e. The van der Waals surface area contributed by atoms with Crippen LogP contribution >= 0.6 is 24.0 Å². The molecule has 0 atom stereocenters. The van der Waals surface area contributed by atoms with E-state index in [1.54, 1.807) is 22.9 Å². The van der Waals surface area contributed by atoms with Gasteiger partial charge in [0.2, 0.25) is 5.91 Å². The number of thiocarbonyl (C=S) groups is 1. The molecule has 4 nitrogen and oxygen atoms in total. The molecule has 1 saturated heterocycles. The lowest BCUT2D eigenvalue weighted by atomic mass is 10.2. The number of hydrogen-bond donors (Lipinski definition) is 0. The molecule has 2 amide bonds. The fourth-order valence-corrected chi connectivity index (χ4v) is 4.30. The van der Waals surface area contributed by atoms with E-state index in [0.717, 1.165) is 11.1 Å². The van der Waals surface area contributed by atoms with Gasteiger partial charge in [0.25, 0.3) is 5.91 Å². The van der Waals surface area contributed by atoms with Crippen molar-refractivity contribution in [3.05, 3.63) is 88.8 Å². The third-order valence-corrected chi connectivity index (χ3v) is 6.07. The molecule has 0 spiro atoms. The van der Waals surface area contributed by atoms with E-state index in [4.69, 9.17) is 12.2 Å². The highest BCUT2D eigenvalue weighted by atomic mass is 32.2. The van der Waals surface area contributed by atoms with Crippen LogP contribution in [-0.4, -0.2) is 39.5 Å². The van der Waals surface area contributed by atoms with Crippen molar-refractivity contribution in [2.24, 2.45) is 0 Å². The summed E-state index contributed by atoms with van der Waals surface area (Å²) in [7, 11) is 1.80. The second-order valence-electron chi connectivity index (χ2n) is 6.96. The number of rotatable bonds is 8. The Kier molecular flexibility index (Phi) is 7.99. The molecule has 2 aromatic carbocycles. The number of allylic oxidation sites excluding steroid dienone is 2. The Labute approximate surface area is 187 Å². The number of thioether (sulfide) groups is 1. The Morgan fingerprint density at radius 2 is 1.77 bits per heavy atom. The Morgan fingerprint density at radius 3 is 2.47 bits per heavy atom. The van der Waals surface area contributed by atoms with Crippen LogP contribution in [0.1, 0.15) is 24.0 Å². The van der Waals surface area contributed by atoms with Gasteiger partial charge in [0.1, 0.15) is 4.32 Å². The van der Waals surface area contributed by atoms with Crippen LogP contribution in [0.15, 0.2) is 77.7 Å². The third kappa shape index (κ3) is 6.15. The summed E-state index contributed by atoms with van der Waals surface area (Å²) in [6.45, 7) is 1.03. The molecule has 0 bridgehead atoms. The minimum absolute atomic E-state index is 0.0608. The van der Waals surface area contributed by atoms with Crippen molar-refractivity contribution >= 4 is 46.2 Å². The molecule has 0 aliphatic carbocycles. The number of amides is 2. The van der Waals surface area contributed by atoms with E-state index in [1.807, 2.05) is 72.8 Å². The van der Waals surface area contributed by atoms with Crippen LogP contribution in [0.5, 0.6) is 0 Å². The molecule has 6 heteroatoms. The lowest BCUT2D eigenvalue weighted by molar-refractivity contribution is -0.131. The SMILES string of the molecule is CN(Cc1ccccc1)C(=O)CCCN1C(=O)/C(=C/C=C/c2ccccc2)SC1=S. The maximum Gasteiger partial charge on any atom is 0.266 e. The Morgan fingerprint density at radius 1 is 1.10 bits per heavy atom. The van der Waals surface area contributed by atoms with Gasteiger partial charge in [-0.3, -0.25) is 14.5 Å². The molecule has 0 aromatic heterocycles. The van der Waals surface area contributed by atoms with Crippen LogP contribution in [-0.2, 0) is 16.1 Å². The average Bonchev–Trinajstić information content (AvgIpc) is 3.02. The van der Waals surface area contributed by atoms with E-state index >= 15 is 0 Å². The van der Waals surface area contributed by atoms with Crippen molar-refractivity contribution in [2.75, 3.05) is 13.6 Å². The smallest absolute Gasteiger partial charge is 0.266 e. The van der Waals surface area contributed by atoms with Crippen LogP contribution in [0.2, 0.25) is 0 Å². The lowest BCUT2D eigenvalue weighted by Gasteiger charge is -2.18. The molecule has 0 saturated carbocycles. The van der Waals surface area contributed by atoms with Gasteiger partial charge in [-0.15, -0.1) is 0 Å². The van der Waals surface area contributed by atoms with E-state index in [2.05, 4.69) is 0 Å². The summed E-state index contributed by atoms with van der Waals surface area (Å²) in [5, 5.41) is 0. The van der Waals surface area contributed by atoms with Crippen LogP contribution in [0.3, 0.4) is 0 Å². The second-order valence-corrected chi connectivity index (χ2v) is 8.64. The van der Waals surface area contributed by atoms with E-state index in [0.29, 0.717) is 35.2 Å². The first-order chi connectivity index (χ1) is 14.5. The summed E-state index contributed by atoms with van der Waals surface area (Å²) in [6, 6.07) is 19.8. The quantitative estimate of drug-likeness (QED) is 0.437. The van der Waals surface area contributed by atoms with Gasteiger partial charge in [0, 0.05) is 26.6 Å². The van der Waals surface area contributed by atoms with Crippen molar-refractivity contribution in [2.45, 2.75) is 19.4 Å². The number of carbonyl (C=O) groups excluding carboxylic acids is 2. The van der Waals surface area contributed by atoms with Gasteiger partial charge in [-0.05, 0) is 23.6 Å². The molecular formula is C24H24N2O2S2. The van der Waals surface area contributed by atoms with Gasteiger partial charge >= 0.3 is 0 Å². The summed E-state index contributed by atoms with van der Waals surface area (Å²) in [5.74, 6) is -0.0292. The van der Waals surface area contributed by atoms with Gasteiger partial charge in [-0.2, -0.15) is 0 Å². The molecule has 154 valence electrons. The topological polar surface area (TPSA) is 40.6 Å². The molecule has 1 fully saturated rings. The Bertz CT molecular complexity index is 956. The summed E-state index contributed by atoms with van der Waals surface area (Å²) >= 11 is 6.67. The summed E-state index contributed by atoms with van der Waals surface area (Å²) in [4.78, 5) is 28.9. The van der Waals surface area contributed by atoms with Gasteiger partial charge in [-0.1, -0.05) is 96.8 Å². The maximum absolute atomic E-state index is 12.6. The van der Waals surface area contributed by atoms with Gasteiger partial charge < -0.3 is 4.90 Å². The largest absolute Gasteiger partial charge is 0.341 e. The highest BCUT2D eigenvalue weighted by Crippen LogP contribution is 2.31. The Hall–Kier alpha value is -2.70. The predicted octanol–water partition coefficient (Wildman–Crippen LogP) is 4.88. The van der Waals surface area contributed by atoms with Crippen LogP contribution in [0.4, 0.5) is 0 Å². The van der Waals surface area contributed by atoms with Crippen molar-refractivity contribution in [3.63, 3.8) is 0 Å². The first-order valence-corrected chi connectivity index (χ1v) is 11.0. The zero-order chi connectivity index (χ0) is 21.3. The molecule has 0 unspecified atom stereocenters. The number of benzene rings is 2. The zero-order valence-corrected chi connectivity index (χ0v) is 18.5. The molecule has 1 aliphatic rings. The molecule has 30 heavy (non-hydrogen) atoms. The van der Waals surface area contributed by atoms with Crippen molar-refractivity contribution in [3.8, 4) is 0 Å². The molecule has 1 aliphatic heterocycles. The fourth-order valence-electron chi connectivity index (χ4n) is 3.04. The van der Waals surface area contributed by atoms with E-state index in [9.17, 15) is 9.59 Å². The van der Waals surface area contributed by atoms with E-state index < -0.39 is 0 Å². The fraction of sp³-hybridized carbons (Fsp3) is 0.208. The molecular weight excluding hydrogens is 412 g/mol. The normalized spacial score (nSPS) is 15.4. The predicted molar refractivity (Wildman–Crippen MR) is 128 cm³/mol. The van der Waals surface area contributed by atoms with Crippen molar-refractivity contribution < 1.29 is 9.59 Å². The van der Waals surface area contributed by atoms with Crippen molar-refractivity contribution in [1.82, 2.24) is 9.80 Å². The van der Waals surface area contributed by atoms with Gasteiger partial charge in [0.05, 0.1) is 4.91 Å². The lowest BCUT2D eigenvalue weighted by Crippen LogP contribution is -2.31.